The lowest BCUT2D eigenvalue weighted by Gasteiger charge is -2.13. The van der Waals surface area contributed by atoms with Crippen LogP contribution < -0.4 is 9.47 Å². The molecule has 1 aromatic carbocycles. The fraction of sp³-hybridized carbons (Fsp3) is 0.429. The normalized spacial score (nSPS) is 10.8. The molecule has 0 unspecified atom stereocenters. The van der Waals surface area contributed by atoms with Crippen LogP contribution in [0, 0.1) is 6.92 Å². The molecule has 0 aliphatic heterocycles. The highest BCUT2D eigenvalue weighted by molar-refractivity contribution is 9.11. The molecule has 1 rings (SSSR count). The van der Waals surface area contributed by atoms with Gasteiger partial charge in [-0.15, -0.1) is 0 Å². The van der Waals surface area contributed by atoms with Crippen LogP contribution in [0.4, 0.5) is 0 Å². The van der Waals surface area contributed by atoms with Crippen LogP contribution in [0.25, 0.3) is 6.08 Å². The van der Waals surface area contributed by atoms with Crippen LogP contribution >= 0.6 is 15.9 Å². The second-order valence-corrected chi connectivity index (χ2v) is 4.38. The van der Waals surface area contributed by atoms with Crippen LogP contribution in [-0.4, -0.2) is 13.7 Å². The van der Waals surface area contributed by atoms with Gasteiger partial charge in [0.05, 0.1) is 13.7 Å². The zero-order valence-corrected chi connectivity index (χ0v) is 12.2. The van der Waals surface area contributed by atoms with E-state index in [2.05, 4.69) is 29.8 Å². The van der Waals surface area contributed by atoms with Gasteiger partial charge in [-0.05, 0) is 47.7 Å². The van der Waals surface area contributed by atoms with E-state index in [0.717, 1.165) is 36.5 Å². The van der Waals surface area contributed by atoms with Crippen molar-refractivity contribution in [3.63, 3.8) is 0 Å². The fourth-order valence-electron chi connectivity index (χ4n) is 1.52. The lowest BCUT2D eigenvalue weighted by Crippen LogP contribution is -2.00. The minimum atomic E-state index is 0.730. The van der Waals surface area contributed by atoms with E-state index < -0.39 is 0 Å². The highest BCUT2D eigenvalue weighted by atomic mass is 79.9. The van der Waals surface area contributed by atoms with Crippen LogP contribution in [0.15, 0.2) is 17.1 Å². The van der Waals surface area contributed by atoms with Crippen LogP contribution in [-0.2, 0) is 0 Å². The van der Waals surface area contributed by atoms with Crippen molar-refractivity contribution in [2.24, 2.45) is 0 Å². The number of unbranched alkanes of at least 4 members (excludes halogenated alkanes) is 1. The van der Waals surface area contributed by atoms with Gasteiger partial charge in [-0.3, -0.25) is 0 Å². The van der Waals surface area contributed by atoms with Crippen molar-refractivity contribution in [1.29, 1.82) is 0 Å². The molecule has 94 valence electrons. The van der Waals surface area contributed by atoms with E-state index in [-0.39, 0.29) is 0 Å². The number of methoxy groups -OCH3 is 1. The number of rotatable bonds is 6. The maximum Gasteiger partial charge on any atom is 0.161 e. The molecule has 3 heteroatoms. The van der Waals surface area contributed by atoms with E-state index in [1.165, 1.54) is 5.56 Å². The molecule has 0 fully saturated rings. The molecule has 0 radical (unpaired) electrons. The summed E-state index contributed by atoms with van der Waals surface area (Å²) in [5.74, 6) is 1.61. The van der Waals surface area contributed by atoms with E-state index in [9.17, 15) is 0 Å². The molecule has 0 atom stereocenters. The van der Waals surface area contributed by atoms with Crippen molar-refractivity contribution < 1.29 is 9.47 Å². The summed E-state index contributed by atoms with van der Waals surface area (Å²) < 4.78 is 11.1. The van der Waals surface area contributed by atoms with Gasteiger partial charge in [0.25, 0.3) is 0 Å². The molecule has 0 amide bonds. The molecule has 0 saturated heterocycles. The summed E-state index contributed by atoms with van der Waals surface area (Å²) in [5.41, 5.74) is 2.30. The third-order valence-electron chi connectivity index (χ3n) is 2.55. The van der Waals surface area contributed by atoms with Crippen LogP contribution in [0.2, 0.25) is 0 Å². The Kier molecular flexibility index (Phi) is 6.12. The zero-order chi connectivity index (χ0) is 12.7. The molecule has 0 N–H and O–H groups in total. The van der Waals surface area contributed by atoms with E-state index >= 15 is 0 Å². The Labute approximate surface area is 112 Å². The first-order valence-corrected chi connectivity index (χ1v) is 6.72. The predicted molar refractivity (Wildman–Crippen MR) is 76.1 cm³/mol. The smallest absolute Gasteiger partial charge is 0.161 e. The molecule has 1 aromatic rings. The van der Waals surface area contributed by atoms with Gasteiger partial charge < -0.3 is 9.47 Å². The Morgan fingerprint density at radius 2 is 2.06 bits per heavy atom. The molecular weight excluding hydrogens is 280 g/mol. The fourth-order valence-corrected chi connectivity index (χ4v) is 1.81. The molecule has 17 heavy (non-hydrogen) atoms. The van der Waals surface area contributed by atoms with Crippen molar-refractivity contribution in [3.8, 4) is 11.5 Å². The Morgan fingerprint density at radius 1 is 1.29 bits per heavy atom. The van der Waals surface area contributed by atoms with E-state index in [4.69, 9.17) is 9.47 Å². The van der Waals surface area contributed by atoms with Crippen molar-refractivity contribution in [1.82, 2.24) is 0 Å². The van der Waals surface area contributed by atoms with E-state index in [0.29, 0.717) is 0 Å². The number of halogens is 1. The Bertz CT molecular complexity index is 386. The average Bonchev–Trinajstić information content (AvgIpc) is 2.33. The van der Waals surface area contributed by atoms with Crippen molar-refractivity contribution in [2.45, 2.75) is 26.7 Å². The first-order chi connectivity index (χ1) is 8.22. The maximum absolute atomic E-state index is 5.74. The summed E-state index contributed by atoms with van der Waals surface area (Å²) in [6.07, 6.45) is 4.18. The third-order valence-corrected chi connectivity index (χ3v) is 2.81. The lowest BCUT2D eigenvalue weighted by molar-refractivity contribution is 0.288. The number of aryl methyl sites for hydroxylation is 1. The Hall–Kier alpha value is -0.960. The van der Waals surface area contributed by atoms with Crippen molar-refractivity contribution >= 4 is 22.0 Å². The second kappa shape index (κ2) is 7.38. The summed E-state index contributed by atoms with van der Waals surface area (Å²) in [7, 11) is 1.67. The minimum absolute atomic E-state index is 0.730. The molecule has 0 heterocycles. The van der Waals surface area contributed by atoms with Crippen LogP contribution in [0.3, 0.4) is 0 Å². The van der Waals surface area contributed by atoms with E-state index in [1.807, 2.05) is 23.2 Å². The summed E-state index contributed by atoms with van der Waals surface area (Å²) in [6, 6.07) is 4.02. The van der Waals surface area contributed by atoms with Gasteiger partial charge in [-0.25, -0.2) is 0 Å². The molecule has 0 bridgehead atoms. The van der Waals surface area contributed by atoms with Gasteiger partial charge in [0.15, 0.2) is 11.5 Å². The lowest BCUT2D eigenvalue weighted by atomic mass is 10.1. The average molecular weight is 299 g/mol. The molecule has 0 aliphatic carbocycles. The molecule has 0 aromatic heterocycles. The van der Waals surface area contributed by atoms with Crippen LogP contribution in [0.5, 0.6) is 11.5 Å². The van der Waals surface area contributed by atoms with Gasteiger partial charge in [-0.1, -0.05) is 29.3 Å². The topological polar surface area (TPSA) is 18.5 Å². The largest absolute Gasteiger partial charge is 0.493 e. The SMILES string of the molecule is CCCCOc1cc(C=CBr)c(C)cc1OC. The molecule has 0 saturated carbocycles. The van der Waals surface area contributed by atoms with Gasteiger partial charge >= 0.3 is 0 Å². The molecule has 2 nitrogen and oxygen atoms in total. The second-order valence-electron chi connectivity index (χ2n) is 3.85. The standard InChI is InChI=1S/C14H19BrO2/c1-4-5-8-17-14-10-12(6-7-15)11(2)9-13(14)16-3/h6-7,9-10H,4-5,8H2,1-3H3. The minimum Gasteiger partial charge on any atom is -0.493 e. The van der Waals surface area contributed by atoms with Gasteiger partial charge in [0.2, 0.25) is 0 Å². The summed E-state index contributed by atoms with van der Waals surface area (Å²) in [6.45, 7) is 4.93. The molecule has 0 spiro atoms. The number of hydrogen-bond donors (Lipinski definition) is 0. The third kappa shape index (κ3) is 4.08. The quantitative estimate of drug-likeness (QED) is 0.718. The van der Waals surface area contributed by atoms with Gasteiger partial charge in [-0.2, -0.15) is 0 Å². The van der Waals surface area contributed by atoms with Crippen LogP contribution in [0.1, 0.15) is 30.9 Å². The summed E-state index contributed by atoms with van der Waals surface area (Å²) >= 11 is 3.29. The number of hydrogen-bond acceptors (Lipinski definition) is 2. The highest BCUT2D eigenvalue weighted by Gasteiger charge is 2.07. The number of ether oxygens (including phenoxy) is 2. The number of benzene rings is 1. The monoisotopic (exact) mass is 298 g/mol. The first kappa shape index (κ1) is 14.1. The van der Waals surface area contributed by atoms with Gasteiger partial charge in [0.1, 0.15) is 0 Å². The first-order valence-electron chi connectivity index (χ1n) is 5.81. The summed E-state index contributed by atoms with van der Waals surface area (Å²) in [4.78, 5) is 1.84. The molecule has 0 aliphatic rings. The Morgan fingerprint density at radius 3 is 2.65 bits per heavy atom. The van der Waals surface area contributed by atoms with Gasteiger partial charge in [0, 0.05) is 0 Å². The predicted octanol–water partition coefficient (Wildman–Crippen LogP) is 4.55. The van der Waals surface area contributed by atoms with E-state index in [1.54, 1.807) is 7.11 Å². The van der Waals surface area contributed by atoms with Crippen molar-refractivity contribution in [2.75, 3.05) is 13.7 Å². The zero-order valence-electron chi connectivity index (χ0n) is 10.6. The maximum atomic E-state index is 5.74. The highest BCUT2D eigenvalue weighted by Crippen LogP contribution is 2.31. The summed E-state index contributed by atoms with van der Waals surface area (Å²) in [5, 5.41) is 0. The van der Waals surface area contributed by atoms with Crippen molar-refractivity contribution in [3.05, 3.63) is 28.2 Å². The molecular formula is C14H19BrO2. The Balaban J connectivity index is 2.95.